The van der Waals surface area contributed by atoms with Crippen molar-refractivity contribution in [1.82, 2.24) is 5.32 Å². The molecule has 0 aliphatic carbocycles. The molecule has 0 bridgehead atoms. The number of halogens is 3. The minimum Gasteiger partial charge on any atom is -0.480 e. The van der Waals surface area contributed by atoms with Crippen molar-refractivity contribution in [3.05, 3.63) is 34.1 Å². The molecule has 18 heavy (non-hydrogen) atoms. The zero-order chi connectivity index (χ0) is 12.8. The Morgan fingerprint density at radius 1 is 1.50 bits per heavy atom. The van der Waals surface area contributed by atoms with E-state index in [0.29, 0.717) is 17.4 Å². The van der Waals surface area contributed by atoms with E-state index in [1.807, 2.05) is 6.92 Å². The van der Waals surface area contributed by atoms with E-state index in [1.165, 1.54) is 12.1 Å². The van der Waals surface area contributed by atoms with Crippen LogP contribution in [0.15, 0.2) is 22.7 Å². The SMILES string of the molecule is CCCC(NCc1cc(F)cc(Br)c1)C(=O)O.Cl. The van der Waals surface area contributed by atoms with E-state index in [4.69, 9.17) is 5.11 Å². The first kappa shape index (κ1) is 17.4. The van der Waals surface area contributed by atoms with Crippen molar-refractivity contribution in [2.75, 3.05) is 0 Å². The van der Waals surface area contributed by atoms with Crippen molar-refractivity contribution >= 4 is 34.3 Å². The Hall–Kier alpha value is -0.650. The van der Waals surface area contributed by atoms with Gasteiger partial charge in [-0.2, -0.15) is 0 Å². The van der Waals surface area contributed by atoms with Crippen LogP contribution in [0.1, 0.15) is 25.3 Å². The van der Waals surface area contributed by atoms with Crippen molar-refractivity contribution < 1.29 is 14.3 Å². The third kappa shape index (κ3) is 5.80. The zero-order valence-electron chi connectivity index (χ0n) is 9.95. The van der Waals surface area contributed by atoms with Crippen LogP contribution in [0.2, 0.25) is 0 Å². The molecule has 1 aromatic carbocycles. The molecule has 0 saturated heterocycles. The van der Waals surface area contributed by atoms with Gasteiger partial charge in [0.05, 0.1) is 0 Å². The summed E-state index contributed by atoms with van der Waals surface area (Å²) in [5, 5.41) is 11.8. The van der Waals surface area contributed by atoms with Gasteiger partial charge in [0.1, 0.15) is 11.9 Å². The Morgan fingerprint density at radius 2 is 2.17 bits per heavy atom. The summed E-state index contributed by atoms with van der Waals surface area (Å²) in [7, 11) is 0. The standard InChI is InChI=1S/C12H15BrFNO2.ClH/c1-2-3-11(12(16)17)15-7-8-4-9(13)6-10(14)5-8;/h4-6,11,15H,2-3,7H2,1H3,(H,16,17);1H. The number of hydrogen-bond acceptors (Lipinski definition) is 2. The number of carbonyl (C=O) groups is 1. The minimum atomic E-state index is -0.873. The highest BCUT2D eigenvalue weighted by molar-refractivity contribution is 9.10. The van der Waals surface area contributed by atoms with E-state index in [2.05, 4.69) is 21.2 Å². The average molecular weight is 341 g/mol. The van der Waals surface area contributed by atoms with Crippen molar-refractivity contribution in [3.8, 4) is 0 Å². The highest BCUT2D eigenvalue weighted by Gasteiger charge is 2.15. The van der Waals surface area contributed by atoms with Crippen molar-refractivity contribution in [1.29, 1.82) is 0 Å². The minimum absolute atomic E-state index is 0. The van der Waals surface area contributed by atoms with E-state index in [0.717, 1.165) is 12.0 Å². The van der Waals surface area contributed by atoms with E-state index in [1.54, 1.807) is 6.07 Å². The Morgan fingerprint density at radius 3 is 2.67 bits per heavy atom. The topological polar surface area (TPSA) is 49.3 Å². The molecule has 0 fully saturated rings. The van der Waals surface area contributed by atoms with Crippen molar-refractivity contribution in [3.63, 3.8) is 0 Å². The monoisotopic (exact) mass is 339 g/mol. The summed E-state index contributed by atoms with van der Waals surface area (Å²) < 4.78 is 13.7. The molecule has 0 saturated carbocycles. The second-order valence-electron chi connectivity index (χ2n) is 3.84. The molecule has 1 rings (SSSR count). The maximum atomic E-state index is 13.1. The fraction of sp³-hybridized carbons (Fsp3) is 0.417. The second-order valence-corrected chi connectivity index (χ2v) is 4.75. The summed E-state index contributed by atoms with van der Waals surface area (Å²) in [5.74, 6) is -1.21. The molecule has 102 valence electrons. The van der Waals surface area contributed by atoms with Gasteiger partial charge in [0.15, 0.2) is 0 Å². The van der Waals surface area contributed by atoms with Gasteiger partial charge in [-0.15, -0.1) is 12.4 Å². The first-order valence-electron chi connectivity index (χ1n) is 5.44. The van der Waals surface area contributed by atoms with E-state index < -0.39 is 12.0 Å². The third-order valence-electron chi connectivity index (χ3n) is 2.35. The lowest BCUT2D eigenvalue weighted by Gasteiger charge is -2.13. The third-order valence-corrected chi connectivity index (χ3v) is 2.81. The van der Waals surface area contributed by atoms with E-state index in [-0.39, 0.29) is 18.2 Å². The van der Waals surface area contributed by atoms with Gasteiger partial charge >= 0.3 is 5.97 Å². The molecule has 0 aliphatic rings. The molecule has 6 heteroatoms. The quantitative estimate of drug-likeness (QED) is 0.835. The van der Waals surface area contributed by atoms with Crippen LogP contribution in [0.3, 0.4) is 0 Å². The van der Waals surface area contributed by atoms with Crippen LogP contribution < -0.4 is 5.32 Å². The summed E-state index contributed by atoms with van der Waals surface area (Å²) in [6, 6.07) is 3.94. The molecule has 0 spiro atoms. The number of hydrogen-bond donors (Lipinski definition) is 2. The lowest BCUT2D eigenvalue weighted by molar-refractivity contribution is -0.139. The van der Waals surface area contributed by atoms with Gasteiger partial charge in [0.2, 0.25) is 0 Å². The summed E-state index contributed by atoms with van der Waals surface area (Å²) in [4.78, 5) is 10.9. The van der Waals surface area contributed by atoms with Crippen LogP contribution >= 0.6 is 28.3 Å². The van der Waals surface area contributed by atoms with E-state index in [9.17, 15) is 9.18 Å². The number of aliphatic carboxylic acids is 1. The highest BCUT2D eigenvalue weighted by atomic mass is 79.9. The average Bonchev–Trinajstić information content (AvgIpc) is 2.22. The molecule has 1 atom stereocenters. The predicted molar refractivity (Wildman–Crippen MR) is 74.5 cm³/mol. The van der Waals surface area contributed by atoms with Gasteiger partial charge in [0.25, 0.3) is 0 Å². The van der Waals surface area contributed by atoms with Crippen LogP contribution in [-0.4, -0.2) is 17.1 Å². The number of nitrogens with one attached hydrogen (secondary N) is 1. The fourth-order valence-corrected chi connectivity index (χ4v) is 2.07. The molecule has 1 aromatic rings. The molecule has 2 N–H and O–H groups in total. The number of rotatable bonds is 6. The Bertz CT molecular complexity index is 383. The molecule has 0 aliphatic heterocycles. The predicted octanol–water partition coefficient (Wildman–Crippen LogP) is 3.35. The first-order valence-corrected chi connectivity index (χ1v) is 6.23. The fourth-order valence-electron chi connectivity index (χ4n) is 1.56. The number of carboxylic acid groups (broad SMARTS) is 1. The molecule has 0 amide bonds. The van der Waals surface area contributed by atoms with Crippen LogP contribution in [0.4, 0.5) is 4.39 Å². The zero-order valence-corrected chi connectivity index (χ0v) is 12.4. The molecular formula is C12H16BrClFNO2. The van der Waals surface area contributed by atoms with Gasteiger partial charge in [-0.05, 0) is 30.2 Å². The molecule has 3 nitrogen and oxygen atoms in total. The molecule has 0 aromatic heterocycles. The highest BCUT2D eigenvalue weighted by Crippen LogP contribution is 2.15. The largest absolute Gasteiger partial charge is 0.480 e. The Labute approximate surface area is 120 Å². The lowest BCUT2D eigenvalue weighted by Crippen LogP contribution is -2.36. The van der Waals surface area contributed by atoms with Gasteiger partial charge in [0, 0.05) is 11.0 Å². The number of benzene rings is 1. The van der Waals surface area contributed by atoms with Crippen LogP contribution in [0.25, 0.3) is 0 Å². The first-order chi connectivity index (χ1) is 8.02. The maximum Gasteiger partial charge on any atom is 0.320 e. The van der Waals surface area contributed by atoms with Crippen molar-refractivity contribution in [2.24, 2.45) is 0 Å². The second kappa shape index (κ2) is 8.45. The van der Waals surface area contributed by atoms with Crippen LogP contribution in [0, 0.1) is 5.82 Å². The summed E-state index contributed by atoms with van der Waals surface area (Å²) in [6.07, 6.45) is 1.35. The normalized spacial score (nSPS) is 11.7. The summed E-state index contributed by atoms with van der Waals surface area (Å²) in [5.41, 5.74) is 0.722. The number of carboxylic acids is 1. The Kier molecular flexibility index (Phi) is 8.15. The van der Waals surface area contributed by atoms with Gasteiger partial charge in [-0.3, -0.25) is 4.79 Å². The van der Waals surface area contributed by atoms with Crippen molar-refractivity contribution in [2.45, 2.75) is 32.4 Å². The molecule has 1 unspecified atom stereocenters. The van der Waals surface area contributed by atoms with E-state index >= 15 is 0 Å². The molecular weight excluding hydrogens is 324 g/mol. The van der Waals surface area contributed by atoms with Gasteiger partial charge in [-0.25, -0.2) is 4.39 Å². The molecule has 0 heterocycles. The van der Waals surface area contributed by atoms with Crippen LogP contribution in [0.5, 0.6) is 0 Å². The molecule has 0 radical (unpaired) electrons. The summed E-state index contributed by atoms with van der Waals surface area (Å²) in [6.45, 7) is 2.27. The lowest BCUT2D eigenvalue weighted by atomic mass is 10.1. The summed E-state index contributed by atoms with van der Waals surface area (Å²) >= 11 is 3.20. The Balaban J connectivity index is 0.00000289. The van der Waals surface area contributed by atoms with Crippen LogP contribution in [-0.2, 0) is 11.3 Å². The smallest absolute Gasteiger partial charge is 0.320 e. The van der Waals surface area contributed by atoms with Gasteiger partial charge < -0.3 is 10.4 Å². The van der Waals surface area contributed by atoms with Gasteiger partial charge in [-0.1, -0.05) is 29.3 Å². The maximum absolute atomic E-state index is 13.1.